The molecule has 0 saturated heterocycles. The molecule has 5 rings (SSSR count). The molecular formula is C28H25N5O. The van der Waals surface area contributed by atoms with Crippen LogP contribution in [-0.2, 0) is 18.4 Å². The Bertz CT molecular complexity index is 1600. The number of nitrogens with zero attached hydrogens (tertiary/aromatic N) is 5. The van der Waals surface area contributed by atoms with Gasteiger partial charge in [-0.25, -0.2) is 4.98 Å². The first-order chi connectivity index (χ1) is 16.4. The van der Waals surface area contributed by atoms with Crippen molar-refractivity contribution < 1.29 is 4.79 Å². The van der Waals surface area contributed by atoms with Crippen LogP contribution in [0.3, 0.4) is 0 Å². The molecule has 6 nitrogen and oxygen atoms in total. The third-order valence-electron chi connectivity index (χ3n) is 6.46. The van der Waals surface area contributed by atoms with E-state index in [-0.39, 0.29) is 5.91 Å². The molecule has 2 heterocycles. The van der Waals surface area contributed by atoms with Crippen molar-refractivity contribution >= 4 is 33.4 Å². The van der Waals surface area contributed by atoms with Gasteiger partial charge >= 0.3 is 0 Å². The molecule has 2 aromatic heterocycles. The van der Waals surface area contributed by atoms with Gasteiger partial charge in [0.1, 0.15) is 6.07 Å². The number of nitriles is 1. The number of benzene rings is 3. The van der Waals surface area contributed by atoms with E-state index in [4.69, 9.17) is 4.98 Å². The Labute approximate surface area is 198 Å². The molecule has 3 aromatic carbocycles. The van der Waals surface area contributed by atoms with E-state index in [0.717, 1.165) is 44.7 Å². The molecule has 0 aliphatic carbocycles. The highest BCUT2D eigenvalue weighted by Crippen LogP contribution is 2.31. The van der Waals surface area contributed by atoms with E-state index in [2.05, 4.69) is 41.2 Å². The normalized spacial score (nSPS) is 11.1. The predicted molar refractivity (Wildman–Crippen MR) is 135 cm³/mol. The largest absolute Gasteiger partial charge is 0.313 e. The number of imidazole rings is 1. The van der Waals surface area contributed by atoms with Crippen LogP contribution in [0.1, 0.15) is 29.4 Å². The highest BCUT2D eigenvalue weighted by Gasteiger charge is 2.21. The van der Waals surface area contributed by atoms with Gasteiger partial charge in [0.05, 0.1) is 28.8 Å². The van der Waals surface area contributed by atoms with Gasteiger partial charge in [-0.2, -0.15) is 5.26 Å². The minimum absolute atomic E-state index is 0.128. The fourth-order valence-corrected chi connectivity index (χ4v) is 4.71. The van der Waals surface area contributed by atoms with Crippen molar-refractivity contribution in [2.75, 3.05) is 4.90 Å². The number of hydrogen-bond donors (Lipinski definition) is 0. The second-order valence-corrected chi connectivity index (χ2v) is 8.60. The van der Waals surface area contributed by atoms with Gasteiger partial charge in [0, 0.05) is 30.7 Å². The number of hydrogen-bond acceptors (Lipinski definition) is 3. The average Bonchev–Trinajstić information content (AvgIpc) is 3.34. The molecule has 0 radical (unpaired) electrons. The van der Waals surface area contributed by atoms with Gasteiger partial charge in [-0.3, -0.25) is 9.36 Å². The van der Waals surface area contributed by atoms with Crippen LogP contribution < -0.4 is 4.90 Å². The lowest BCUT2D eigenvalue weighted by Crippen LogP contribution is -2.28. The van der Waals surface area contributed by atoms with Crippen molar-refractivity contribution in [3.8, 4) is 12.0 Å². The number of aromatic nitrogens is 3. The summed E-state index contributed by atoms with van der Waals surface area (Å²) in [6.45, 7) is 5.98. The van der Waals surface area contributed by atoms with Crippen molar-refractivity contribution in [2.45, 2.75) is 27.3 Å². The van der Waals surface area contributed by atoms with E-state index in [1.165, 1.54) is 6.92 Å². The Morgan fingerprint density at radius 3 is 2.44 bits per heavy atom. The first-order valence-electron chi connectivity index (χ1n) is 11.2. The van der Waals surface area contributed by atoms with Crippen LogP contribution >= 0.6 is 0 Å². The fourth-order valence-electron chi connectivity index (χ4n) is 4.71. The number of aryl methyl sites for hydroxylation is 3. The third kappa shape index (κ3) is 3.34. The van der Waals surface area contributed by atoms with Crippen LogP contribution in [0.5, 0.6) is 0 Å². The molecular weight excluding hydrogens is 422 g/mol. The molecule has 0 aliphatic rings. The topological polar surface area (TPSA) is 66.8 Å². The van der Waals surface area contributed by atoms with Crippen molar-refractivity contribution in [2.24, 2.45) is 7.05 Å². The smallest absolute Gasteiger partial charge is 0.224 e. The molecule has 0 atom stereocenters. The molecule has 0 aliphatic heterocycles. The maximum atomic E-state index is 12.8. The molecule has 168 valence electrons. The molecule has 0 spiro atoms. The summed E-state index contributed by atoms with van der Waals surface area (Å²) in [7, 11) is 2.01. The first kappa shape index (κ1) is 21.5. The SMILES string of the molecule is CC(=O)N(Cc1cccc2c1nc(-n1c(C)ccc1C)n2C)c1ccc2ccccc2c1C#N. The lowest BCUT2D eigenvalue weighted by molar-refractivity contribution is -0.116. The summed E-state index contributed by atoms with van der Waals surface area (Å²) in [5.74, 6) is 0.706. The van der Waals surface area contributed by atoms with E-state index in [0.29, 0.717) is 17.8 Å². The van der Waals surface area contributed by atoms with Crippen LogP contribution in [0.4, 0.5) is 5.69 Å². The summed E-state index contributed by atoms with van der Waals surface area (Å²) in [5, 5.41) is 11.8. The first-order valence-corrected chi connectivity index (χ1v) is 11.2. The number of fused-ring (bicyclic) bond motifs is 2. The molecule has 0 unspecified atom stereocenters. The maximum absolute atomic E-state index is 12.8. The molecule has 0 N–H and O–H groups in total. The van der Waals surface area contributed by atoms with Gasteiger partial charge in [-0.15, -0.1) is 0 Å². The Morgan fingerprint density at radius 1 is 1.00 bits per heavy atom. The Kier molecular flexibility index (Phi) is 5.18. The number of para-hydroxylation sites is 1. The molecule has 0 saturated carbocycles. The summed E-state index contributed by atoms with van der Waals surface area (Å²) in [4.78, 5) is 19.5. The van der Waals surface area contributed by atoms with Gasteiger partial charge in [0.25, 0.3) is 0 Å². The van der Waals surface area contributed by atoms with E-state index < -0.39 is 0 Å². The Hall–Kier alpha value is -4.37. The second kappa shape index (κ2) is 8.20. The minimum Gasteiger partial charge on any atom is -0.313 e. The van der Waals surface area contributed by atoms with Gasteiger partial charge in [-0.05, 0) is 49.1 Å². The number of rotatable bonds is 4. The molecule has 1 amide bonds. The van der Waals surface area contributed by atoms with E-state index >= 15 is 0 Å². The summed E-state index contributed by atoms with van der Waals surface area (Å²) in [6, 6.07) is 24.1. The van der Waals surface area contributed by atoms with Crippen LogP contribution in [0, 0.1) is 25.2 Å². The van der Waals surface area contributed by atoms with Gasteiger partial charge in [0.2, 0.25) is 11.9 Å². The quantitative estimate of drug-likeness (QED) is 0.362. The average molecular weight is 448 g/mol. The summed E-state index contributed by atoms with van der Waals surface area (Å²) in [6.07, 6.45) is 0. The number of carbonyl (C=O) groups excluding carboxylic acids is 1. The zero-order valence-electron chi connectivity index (χ0n) is 19.7. The second-order valence-electron chi connectivity index (χ2n) is 8.60. The third-order valence-corrected chi connectivity index (χ3v) is 6.46. The van der Waals surface area contributed by atoms with E-state index in [9.17, 15) is 10.1 Å². The highest BCUT2D eigenvalue weighted by molar-refractivity contribution is 6.00. The maximum Gasteiger partial charge on any atom is 0.224 e. The summed E-state index contributed by atoms with van der Waals surface area (Å²) < 4.78 is 4.21. The van der Waals surface area contributed by atoms with Crippen molar-refractivity contribution in [1.82, 2.24) is 14.1 Å². The van der Waals surface area contributed by atoms with Crippen LogP contribution in [-0.4, -0.2) is 20.0 Å². The lowest BCUT2D eigenvalue weighted by Gasteiger charge is -2.23. The standard InChI is InChI=1S/C28H25N5O/c1-18-12-13-19(2)33(18)28-30-27-22(9-7-11-26(27)31(28)4)17-32(20(3)34)25-15-14-21-8-5-6-10-23(21)24(25)16-29/h5-15H,17H2,1-4H3. The number of amides is 1. The van der Waals surface area contributed by atoms with Crippen LogP contribution in [0.2, 0.25) is 0 Å². The van der Waals surface area contributed by atoms with Crippen LogP contribution in [0.25, 0.3) is 27.8 Å². The summed E-state index contributed by atoms with van der Waals surface area (Å²) >= 11 is 0. The van der Waals surface area contributed by atoms with Gasteiger partial charge < -0.3 is 9.47 Å². The van der Waals surface area contributed by atoms with E-state index in [1.807, 2.05) is 61.6 Å². The molecule has 0 bridgehead atoms. The van der Waals surface area contributed by atoms with Crippen molar-refractivity contribution in [3.63, 3.8) is 0 Å². The number of anilines is 1. The summed E-state index contributed by atoms with van der Waals surface area (Å²) in [5.41, 5.74) is 6.09. The van der Waals surface area contributed by atoms with E-state index in [1.54, 1.807) is 4.90 Å². The highest BCUT2D eigenvalue weighted by atomic mass is 16.2. The van der Waals surface area contributed by atoms with Crippen LogP contribution in [0.15, 0.2) is 66.7 Å². The molecule has 6 heteroatoms. The molecule has 34 heavy (non-hydrogen) atoms. The Morgan fingerprint density at radius 2 is 1.74 bits per heavy atom. The van der Waals surface area contributed by atoms with Gasteiger partial charge in [0.15, 0.2) is 0 Å². The van der Waals surface area contributed by atoms with Gasteiger partial charge in [-0.1, -0.05) is 42.5 Å². The van der Waals surface area contributed by atoms with Crippen molar-refractivity contribution in [3.05, 3.63) is 89.2 Å². The predicted octanol–water partition coefficient (Wildman–Crippen LogP) is 5.56. The zero-order valence-corrected chi connectivity index (χ0v) is 19.7. The fraction of sp³-hybridized carbons (Fsp3) is 0.179. The molecule has 0 fully saturated rings. The van der Waals surface area contributed by atoms with Crippen molar-refractivity contribution in [1.29, 1.82) is 5.26 Å². The number of carbonyl (C=O) groups is 1. The minimum atomic E-state index is -0.128. The monoisotopic (exact) mass is 447 g/mol. The lowest BCUT2D eigenvalue weighted by atomic mass is 10.0. The zero-order chi connectivity index (χ0) is 24.0. The Balaban J connectivity index is 1.65. The molecule has 5 aromatic rings.